The third-order valence-electron chi connectivity index (χ3n) is 2.74. The second-order valence-corrected chi connectivity index (χ2v) is 7.22. The lowest BCUT2D eigenvalue weighted by atomic mass is 9.87. The molecule has 0 aliphatic heterocycles. The molecule has 0 fully saturated rings. The number of aliphatic hydroxyl groups is 1. The summed E-state index contributed by atoms with van der Waals surface area (Å²) in [6, 6.07) is 0. The summed E-state index contributed by atoms with van der Waals surface area (Å²) >= 11 is 5.48. The molecule has 0 heterocycles. The van der Waals surface area contributed by atoms with E-state index in [1.54, 1.807) is 27.7 Å². The van der Waals surface area contributed by atoms with Gasteiger partial charge in [-0.1, -0.05) is 0 Å². The number of rotatable bonds is 7. The number of hydrogen-bond donors (Lipinski definition) is 2. The van der Waals surface area contributed by atoms with Crippen molar-refractivity contribution in [2.24, 2.45) is 0 Å². The lowest BCUT2D eigenvalue weighted by Crippen LogP contribution is -2.58. The van der Waals surface area contributed by atoms with Gasteiger partial charge in [-0.2, -0.15) is 0 Å². The predicted octanol–water partition coefficient (Wildman–Crippen LogP) is 1.47. The van der Waals surface area contributed by atoms with Crippen molar-refractivity contribution in [3.8, 4) is 0 Å². The molecule has 0 radical (unpaired) electrons. The molecular weight excluding hydrogens is 250 g/mol. The van der Waals surface area contributed by atoms with Crippen LogP contribution in [0.3, 0.4) is 0 Å². The Morgan fingerprint density at radius 1 is 1.19 bits per heavy atom. The molecule has 0 amide bonds. The SMILES string of the molecule is CC(C)(O)C(C)(C)NS(=O)(=O)CCCCCl. The molecule has 0 saturated heterocycles. The smallest absolute Gasteiger partial charge is 0.212 e. The molecular formula is C10H22ClNO3S. The van der Waals surface area contributed by atoms with Gasteiger partial charge >= 0.3 is 0 Å². The van der Waals surface area contributed by atoms with Crippen molar-refractivity contribution in [1.29, 1.82) is 0 Å². The Hall–Kier alpha value is 0.160. The monoisotopic (exact) mass is 271 g/mol. The van der Waals surface area contributed by atoms with Crippen LogP contribution in [0.1, 0.15) is 40.5 Å². The van der Waals surface area contributed by atoms with Crippen molar-refractivity contribution < 1.29 is 13.5 Å². The standard InChI is InChI=1S/C10H22ClNO3S/c1-9(2,10(3,4)13)12-16(14,15)8-6-5-7-11/h12-13H,5-8H2,1-4H3. The first-order valence-corrected chi connectivity index (χ1v) is 7.50. The van der Waals surface area contributed by atoms with Crippen LogP contribution in [0.4, 0.5) is 0 Å². The minimum Gasteiger partial charge on any atom is -0.389 e. The Kier molecular flexibility index (Phi) is 5.72. The molecule has 0 spiro atoms. The van der Waals surface area contributed by atoms with Crippen LogP contribution in [0.2, 0.25) is 0 Å². The maximum atomic E-state index is 11.7. The average Bonchev–Trinajstić information content (AvgIpc) is 1.99. The van der Waals surface area contributed by atoms with Gasteiger partial charge < -0.3 is 5.11 Å². The number of unbranched alkanes of at least 4 members (excludes halogenated alkanes) is 1. The highest BCUT2D eigenvalue weighted by Crippen LogP contribution is 2.21. The Morgan fingerprint density at radius 3 is 2.06 bits per heavy atom. The summed E-state index contributed by atoms with van der Waals surface area (Å²) in [5, 5.41) is 9.83. The molecule has 4 nitrogen and oxygen atoms in total. The first kappa shape index (κ1) is 16.2. The van der Waals surface area contributed by atoms with Crippen LogP contribution >= 0.6 is 11.6 Å². The van der Waals surface area contributed by atoms with Crippen LogP contribution in [0.25, 0.3) is 0 Å². The van der Waals surface area contributed by atoms with Crippen LogP contribution in [0.15, 0.2) is 0 Å². The quantitative estimate of drug-likeness (QED) is 0.544. The Bertz CT molecular complexity index is 307. The summed E-state index contributed by atoms with van der Waals surface area (Å²) in [6.45, 7) is 6.47. The number of halogens is 1. The second kappa shape index (κ2) is 5.67. The lowest BCUT2D eigenvalue weighted by molar-refractivity contribution is 0.00639. The van der Waals surface area contributed by atoms with E-state index >= 15 is 0 Å². The molecule has 0 aliphatic carbocycles. The number of sulfonamides is 1. The van der Waals surface area contributed by atoms with Gasteiger partial charge in [-0.3, -0.25) is 0 Å². The summed E-state index contributed by atoms with van der Waals surface area (Å²) in [6.07, 6.45) is 1.20. The predicted molar refractivity (Wildman–Crippen MR) is 67.3 cm³/mol. The molecule has 0 rings (SSSR count). The van der Waals surface area contributed by atoms with E-state index in [9.17, 15) is 13.5 Å². The Labute approximate surface area is 103 Å². The average molecular weight is 272 g/mol. The van der Waals surface area contributed by atoms with E-state index in [-0.39, 0.29) is 5.75 Å². The zero-order chi connectivity index (χ0) is 13.0. The van der Waals surface area contributed by atoms with Crippen molar-refractivity contribution in [3.05, 3.63) is 0 Å². The summed E-state index contributed by atoms with van der Waals surface area (Å²) < 4.78 is 25.9. The third kappa shape index (κ3) is 5.48. The van der Waals surface area contributed by atoms with E-state index in [0.717, 1.165) is 0 Å². The lowest BCUT2D eigenvalue weighted by Gasteiger charge is -2.37. The van der Waals surface area contributed by atoms with E-state index in [2.05, 4.69) is 4.72 Å². The molecule has 0 bridgehead atoms. The van der Waals surface area contributed by atoms with Crippen molar-refractivity contribution in [2.45, 2.75) is 51.7 Å². The zero-order valence-electron chi connectivity index (χ0n) is 10.4. The molecule has 0 unspecified atom stereocenters. The second-order valence-electron chi connectivity index (χ2n) is 5.00. The fraction of sp³-hybridized carbons (Fsp3) is 1.00. The molecule has 0 aromatic heterocycles. The van der Waals surface area contributed by atoms with Gasteiger partial charge in [0.25, 0.3) is 0 Å². The zero-order valence-corrected chi connectivity index (χ0v) is 12.0. The van der Waals surface area contributed by atoms with Gasteiger partial charge in [-0.05, 0) is 40.5 Å². The van der Waals surface area contributed by atoms with E-state index in [1.165, 1.54) is 0 Å². The molecule has 98 valence electrons. The Morgan fingerprint density at radius 2 is 1.69 bits per heavy atom. The minimum absolute atomic E-state index is 0.0409. The maximum Gasteiger partial charge on any atom is 0.212 e. The fourth-order valence-electron chi connectivity index (χ4n) is 0.951. The van der Waals surface area contributed by atoms with E-state index < -0.39 is 21.2 Å². The summed E-state index contributed by atoms with van der Waals surface area (Å²) in [7, 11) is -3.36. The van der Waals surface area contributed by atoms with Gasteiger partial charge in [0.15, 0.2) is 0 Å². The topological polar surface area (TPSA) is 66.4 Å². The van der Waals surface area contributed by atoms with E-state index in [0.29, 0.717) is 18.7 Å². The van der Waals surface area contributed by atoms with Crippen molar-refractivity contribution in [3.63, 3.8) is 0 Å². The largest absolute Gasteiger partial charge is 0.389 e. The van der Waals surface area contributed by atoms with Crippen LogP contribution in [-0.2, 0) is 10.0 Å². The molecule has 0 aromatic carbocycles. The van der Waals surface area contributed by atoms with Gasteiger partial charge in [0.1, 0.15) is 0 Å². The third-order valence-corrected chi connectivity index (χ3v) is 4.65. The first-order chi connectivity index (χ1) is 7.02. The molecule has 6 heteroatoms. The molecule has 0 aromatic rings. The van der Waals surface area contributed by atoms with Gasteiger partial charge in [0.2, 0.25) is 10.0 Å². The van der Waals surface area contributed by atoms with Crippen LogP contribution in [0.5, 0.6) is 0 Å². The molecule has 0 aliphatic rings. The number of hydrogen-bond acceptors (Lipinski definition) is 3. The molecule has 16 heavy (non-hydrogen) atoms. The van der Waals surface area contributed by atoms with Crippen molar-refractivity contribution in [1.82, 2.24) is 4.72 Å². The van der Waals surface area contributed by atoms with Gasteiger partial charge in [-0.25, -0.2) is 13.1 Å². The first-order valence-electron chi connectivity index (χ1n) is 5.32. The molecule has 0 saturated carbocycles. The Balaban J connectivity index is 4.48. The van der Waals surface area contributed by atoms with E-state index in [1.807, 2.05) is 0 Å². The summed E-state index contributed by atoms with van der Waals surface area (Å²) in [5.74, 6) is 0.504. The van der Waals surface area contributed by atoms with Crippen molar-refractivity contribution >= 4 is 21.6 Å². The van der Waals surface area contributed by atoms with Gasteiger partial charge in [0, 0.05) is 5.88 Å². The summed E-state index contributed by atoms with van der Waals surface area (Å²) in [4.78, 5) is 0. The van der Waals surface area contributed by atoms with Gasteiger partial charge in [-0.15, -0.1) is 11.6 Å². The minimum atomic E-state index is -3.36. The van der Waals surface area contributed by atoms with Crippen LogP contribution in [-0.4, -0.2) is 36.3 Å². The van der Waals surface area contributed by atoms with Crippen molar-refractivity contribution in [2.75, 3.05) is 11.6 Å². The number of nitrogens with one attached hydrogen (secondary N) is 1. The highest BCUT2D eigenvalue weighted by atomic mass is 35.5. The van der Waals surface area contributed by atoms with Crippen LogP contribution < -0.4 is 4.72 Å². The highest BCUT2D eigenvalue weighted by Gasteiger charge is 2.38. The molecule has 2 N–H and O–H groups in total. The van der Waals surface area contributed by atoms with Gasteiger partial charge in [0.05, 0.1) is 16.9 Å². The molecule has 0 atom stereocenters. The highest BCUT2D eigenvalue weighted by molar-refractivity contribution is 7.89. The van der Waals surface area contributed by atoms with Crippen LogP contribution in [0, 0.1) is 0 Å². The number of alkyl halides is 1. The fourth-order valence-corrected chi connectivity index (χ4v) is 2.85. The normalized spacial score (nSPS) is 14.1. The summed E-state index contributed by atoms with van der Waals surface area (Å²) in [5.41, 5.74) is -2.01. The maximum absolute atomic E-state index is 11.7. The van der Waals surface area contributed by atoms with E-state index in [4.69, 9.17) is 11.6 Å².